The Labute approximate surface area is 81.0 Å². The molecule has 74 valence electrons. The minimum absolute atomic E-state index is 0.190. The SMILES string of the molecule is CC(CNCc1ccco1)S(C)=O. The molecule has 1 rings (SSSR count). The van der Waals surface area contributed by atoms with Gasteiger partial charge in [0.2, 0.25) is 0 Å². The maximum absolute atomic E-state index is 11.0. The maximum Gasteiger partial charge on any atom is 0.117 e. The second-order valence-electron chi connectivity index (χ2n) is 3.02. The van der Waals surface area contributed by atoms with Gasteiger partial charge in [0.1, 0.15) is 5.76 Å². The lowest BCUT2D eigenvalue weighted by atomic mass is 10.4. The quantitative estimate of drug-likeness (QED) is 0.776. The highest BCUT2D eigenvalue weighted by Crippen LogP contribution is 1.99. The molecular weight excluding hydrogens is 186 g/mol. The van der Waals surface area contributed by atoms with Gasteiger partial charge in [-0.25, -0.2) is 0 Å². The van der Waals surface area contributed by atoms with E-state index >= 15 is 0 Å². The van der Waals surface area contributed by atoms with Gasteiger partial charge >= 0.3 is 0 Å². The Morgan fingerprint density at radius 3 is 3.00 bits per heavy atom. The van der Waals surface area contributed by atoms with Crippen molar-refractivity contribution in [1.29, 1.82) is 0 Å². The first-order chi connectivity index (χ1) is 6.20. The summed E-state index contributed by atoms with van der Waals surface area (Å²) < 4.78 is 16.1. The van der Waals surface area contributed by atoms with Gasteiger partial charge in [-0.05, 0) is 19.1 Å². The normalized spacial score (nSPS) is 15.5. The molecule has 0 fully saturated rings. The van der Waals surface area contributed by atoms with Crippen LogP contribution in [0.5, 0.6) is 0 Å². The van der Waals surface area contributed by atoms with Gasteiger partial charge in [0.05, 0.1) is 12.8 Å². The van der Waals surface area contributed by atoms with E-state index in [1.54, 1.807) is 12.5 Å². The highest BCUT2D eigenvalue weighted by Gasteiger charge is 2.04. The Morgan fingerprint density at radius 1 is 1.69 bits per heavy atom. The van der Waals surface area contributed by atoms with Crippen LogP contribution in [0.15, 0.2) is 22.8 Å². The van der Waals surface area contributed by atoms with Crippen LogP contribution in [0.4, 0.5) is 0 Å². The molecule has 0 aliphatic rings. The number of hydrogen-bond donors (Lipinski definition) is 1. The fraction of sp³-hybridized carbons (Fsp3) is 0.556. The van der Waals surface area contributed by atoms with Crippen LogP contribution in [0.25, 0.3) is 0 Å². The zero-order valence-corrected chi connectivity index (χ0v) is 8.76. The van der Waals surface area contributed by atoms with Crippen molar-refractivity contribution < 1.29 is 8.63 Å². The highest BCUT2D eigenvalue weighted by molar-refractivity contribution is 7.84. The van der Waals surface area contributed by atoms with E-state index in [0.717, 1.165) is 12.3 Å². The fourth-order valence-corrected chi connectivity index (χ4v) is 1.28. The van der Waals surface area contributed by atoms with Crippen LogP contribution < -0.4 is 5.32 Å². The molecule has 0 aliphatic heterocycles. The summed E-state index contributed by atoms with van der Waals surface area (Å²) in [4.78, 5) is 0. The second kappa shape index (κ2) is 5.19. The molecular formula is C9H15NO2S. The first-order valence-corrected chi connectivity index (χ1v) is 5.87. The smallest absolute Gasteiger partial charge is 0.117 e. The summed E-state index contributed by atoms with van der Waals surface area (Å²) in [5.74, 6) is 0.911. The van der Waals surface area contributed by atoms with Gasteiger partial charge < -0.3 is 9.73 Å². The van der Waals surface area contributed by atoms with Gasteiger partial charge in [0.25, 0.3) is 0 Å². The Hall–Kier alpha value is -0.610. The molecule has 3 nitrogen and oxygen atoms in total. The zero-order valence-electron chi connectivity index (χ0n) is 7.95. The third kappa shape index (κ3) is 3.74. The molecule has 4 heteroatoms. The third-order valence-electron chi connectivity index (χ3n) is 1.88. The molecule has 0 aliphatic carbocycles. The maximum atomic E-state index is 11.0. The Kier molecular flexibility index (Phi) is 4.18. The average molecular weight is 201 g/mol. The van der Waals surface area contributed by atoms with Crippen LogP contribution >= 0.6 is 0 Å². The second-order valence-corrected chi connectivity index (χ2v) is 4.82. The van der Waals surface area contributed by atoms with Gasteiger partial charge in [-0.3, -0.25) is 4.21 Å². The molecule has 1 N–H and O–H groups in total. The number of furan rings is 1. The lowest BCUT2D eigenvalue weighted by Gasteiger charge is -2.08. The molecule has 0 saturated heterocycles. The van der Waals surface area contributed by atoms with Gasteiger partial charge in [0, 0.05) is 28.9 Å². The van der Waals surface area contributed by atoms with Crippen molar-refractivity contribution in [3.05, 3.63) is 24.2 Å². The third-order valence-corrected chi connectivity index (χ3v) is 3.18. The minimum Gasteiger partial charge on any atom is -0.468 e. The van der Waals surface area contributed by atoms with E-state index in [0.29, 0.717) is 6.54 Å². The summed E-state index contributed by atoms with van der Waals surface area (Å²) in [6.07, 6.45) is 3.37. The molecule has 1 aromatic heterocycles. The van der Waals surface area contributed by atoms with Gasteiger partial charge in [-0.15, -0.1) is 0 Å². The van der Waals surface area contributed by atoms with Gasteiger partial charge in [-0.2, -0.15) is 0 Å². The predicted octanol–water partition coefficient (Wildman–Crippen LogP) is 1.14. The average Bonchev–Trinajstić information content (AvgIpc) is 2.56. The van der Waals surface area contributed by atoms with E-state index in [2.05, 4.69) is 5.32 Å². The largest absolute Gasteiger partial charge is 0.468 e. The first-order valence-electron chi connectivity index (χ1n) is 4.25. The summed E-state index contributed by atoms with van der Waals surface area (Å²) in [6.45, 7) is 3.42. The lowest BCUT2D eigenvalue weighted by molar-refractivity contribution is 0.483. The summed E-state index contributed by atoms with van der Waals surface area (Å²) in [7, 11) is -0.752. The van der Waals surface area contributed by atoms with E-state index in [-0.39, 0.29) is 5.25 Å². The van der Waals surface area contributed by atoms with Crippen molar-refractivity contribution >= 4 is 10.8 Å². The molecule has 0 radical (unpaired) electrons. The van der Waals surface area contributed by atoms with Crippen LogP contribution in [0.1, 0.15) is 12.7 Å². The van der Waals surface area contributed by atoms with E-state index in [4.69, 9.17) is 4.42 Å². The Morgan fingerprint density at radius 2 is 2.46 bits per heavy atom. The molecule has 0 amide bonds. The molecule has 2 unspecified atom stereocenters. The fourth-order valence-electron chi connectivity index (χ4n) is 0.929. The van der Waals surface area contributed by atoms with Crippen molar-refractivity contribution in [2.75, 3.05) is 12.8 Å². The van der Waals surface area contributed by atoms with Crippen LogP contribution in [0, 0.1) is 0 Å². The van der Waals surface area contributed by atoms with Crippen LogP contribution in [-0.4, -0.2) is 22.3 Å². The van der Waals surface area contributed by atoms with Gasteiger partial charge in [0.15, 0.2) is 0 Å². The first kappa shape index (κ1) is 10.5. The van der Waals surface area contributed by atoms with E-state index in [1.165, 1.54) is 0 Å². The molecule has 0 aromatic carbocycles. The van der Waals surface area contributed by atoms with Crippen molar-refractivity contribution in [2.45, 2.75) is 18.7 Å². The summed E-state index contributed by atoms with van der Waals surface area (Å²) in [6, 6.07) is 3.78. The summed E-state index contributed by atoms with van der Waals surface area (Å²) in [5.41, 5.74) is 0. The number of nitrogens with one attached hydrogen (secondary N) is 1. The lowest BCUT2D eigenvalue weighted by Crippen LogP contribution is -2.26. The van der Waals surface area contributed by atoms with Crippen LogP contribution in [0.2, 0.25) is 0 Å². The number of hydrogen-bond acceptors (Lipinski definition) is 3. The molecule has 2 atom stereocenters. The zero-order chi connectivity index (χ0) is 9.68. The molecule has 0 bridgehead atoms. The van der Waals surface area contributed by atoms with E-state index < -0.39 is 10.8 Å². The van der Waals surface area contributed by atoms with E-state index in [9.17, 15) is 4.21 Å². The molecule has 13 heavy (non-hydrogen) atoms. The van der Waals surface area contributed by atoms with Crippen molar-refractivity contribution in [3.8, 4) is 0 Å². The van der Waals surface area contributed by atoms with E-state index in [1.807, 2.05) is 19.1 Å². The topological polar surface area (TPSA) is 42.2 Å². The summed E-state index contributed by atoms with van der Waals surface area (Å²) >= 11 is 0. The standard InChI is InChI=1S/C9H15NO2S/c1-8(13(2)11)6-10-7-9-4-3-5-12-9/h3-5,8,10H,6-7H2,1-2H3. The number of rotatable bonds is 5. The van der Waals surface area contributed by atoms with Gasteiger partial charge in [-0.1, -0.05) is 0 Å². The van der Waals surface area contributed by atoms with Crippen LogP contribution in [-0.2, 0) is 17.3 Å². The monoisotopic (exact) mass is 201 g/mol. The Balaban J connectivity index is 2.18. The molecule has 1 heterocycles. The van der Waals surface area contributed by atoms with Crippen molar-refractivity contribution in [1.82, 2.24) is 5.32 Å². The summed E-state index contributed by atoms with van der Waals surface area (Å²) in [5, 5.41) is 3.37. The molecule has 0 saturated carbocycles. The molecule has 0 spiro atoms. The van der Waals surface area contributed by atoms with Crippen molar-refractivity contribution in [2.24, 2.45) is 0 Å². The van der Waals surface area contributed by atoms with Crippen molar-refractivity contribution in [3.63, 3.8) is 0 Å². The highest BCUT2D eigenvalue weighted by atomic mass is 32.2. The minimum atomic E-state index is -0.752. The van der Waals surface area contributed by atoms with Crippen LogP contribution in [0.3, 0.4) is 0 Å². The Bertz CT molecular complexity index is 259. The molecule has 1 aromatic rings. The predicted molar refractivity (Wildman–Crippen MR) is 53.9 cm³/mol.